The SMILES string of the molecule is CC(C)OC(=O)C(N)Cc1ccc(-n2c(=O)c3cc(OCCN(C)C)ccc3n(C)c2=O)cc1. The molecule has 2 aromatic carbocycles. The van der Waals surface area contributed by atoms with E-state index < -0.39 is 23.3 Å². The highest BCUT2D eigenvalue weighted by molar-refractivity contribution is 5.80. The van der Waals surface area contributed by atoms with Crippen molar-refractivity contribution in [3.8, 4) is 11.4 Å². The van der Waals surface area contributed by atoms with Gasteiger partial charge in [-0.15, -0.1) is 0 Å². The average Bonchev–Trinajstić information content (AvgIpc) is 2.78. The maximum atomic E-state index is 13.3. The van der Waals surface area contributed by atoms with Crippen LogP contribution in [0.1, 0.15) is 19.4 Å². The fourth-order valence-electron chi connectivity index (χ4n) is 3.54. The molecule has 0 spiro atoms. The van der Waals surface area contributed by atoms with Crippen LogP contribution in [0.25, 0.3) is 16.6 Å². The zero-order chi connectivity index (χ0) is 25.0. The van der Waals surface area contributed by atoms with E-state index in [0.717, 1.165) is 16.7 Å². The number of fused-ring (bicyclic) bond motifs is 1. The summed E-state index contributed by atoms with van der Waals surface area (Å²) in [6.45, 7) is 4.74. The van der Waals surface area contributed by atoms with Crippen molar-refractivity contribution in [3.63, 3.8) is 0 Å². The quantitative estimate of drug-likeness (QED) is 0.474. The molecule has 2 N–H and O–H groups in total. The van der Waals surface area contributed by atoms with Crippen LogP contribution in [-0.4, -0.2) is 59.4 Å². The van der Waals surface area contributed by atoms with Gasteiger partial charge in [0, 0.05) is 13.6 Å². The number of carbonyl (C=O) groups excluding carboxylic acids is 1. The number of nitrogens with zero attached hydrogens (tertiary/aromatic N) is 3. The molecule has 1 heterocycles. The van der Waals surface area contributed by atoms with Crippen LogP contribution in [0.3, 0.4) is 0 Å². The third-order valence-electron chi connectivity index (χ3n) is 5.35. The molecule has 0 radical (unpaired) electrons. The minimum atomic E-state index is -0.796. The molecule has 3 aromatic rings. The molecule has 0 fully saturated rings. The van der Waals surface area contributed by atoms with Crippen molar-refractivity contribution < 1.29 is 14.3 Å². The van der Waals surface area contributed by atoms with Crippen LogP contribution >= 0.6 is 0 Å². The van der Waals surface area contributed by atoms with Gasteiger partial charge in [-0.3, -0.25) is 14.2 Å². The van der Waals surface area contributed by atoms with E-state index in [1.807, 2.05) is 19.0 Å². The topological polar surface area (TPSA) is 109 Å². The second-order valence-corrected chi connectivity index (χ2v) is 8.78. The zero-order valence-electron chi connectivity index (χ0n) is 20.3. The first-order valence-corrected chi connectivity index (χ1v) is 11.2. The summed E-state index contributed by atoms with van der Waals surface area (Å²) in [5.41, 5.74) is 6.80. The average molecular weight is 469 g/mol. The van der Waals surface area contributed by atoms with E-state index in [4.69, 9.17) is 15.2 Å². The molecule has 0 saturated carbocycles. The lowest BCUT2D eigenvalue weighted by atomic mass is 10.1. The Bertz CT molecular complexity index is 1280. The largest absolute Gasteiger partial charge is 0.492 e. The summed E-state index contributed by atoms with van der Waals surface area (Å²) in [7, 11) is 5.53. The van der Waals surface area contributed by atoms with E-state index in [2.05, 4.69) is 0 Å². The number of hydrogen-bond donors (Lipinski definition) is 1. The Balaban J connectivity index is 1.92. The standard InChI is InChI=1S/C25H32N4O5/c1-16(2)34-24(31)21(26)14-17-6-8-18(9-7-17)29-23(30)20-15-19(33-13-12-27(3)4)10-11-22(20)28(5)25(29)32/h6-11,15-16,21H,12-14,26H2,1-5H3. The molecule has 3 rings (SSSR count). The summed E-state index contributed by atoms with van der Waals surface area (Å²) in [5.74, 6) is 0.0940. The van der Waals surface area contributed by atoms with Gasteiger partial charge in [0.2, 0.25) is 0 Å². The Hall–Kier alpha value is -3.43. The predicted octanol–water partition coefficient (Wildman–Crippen LogP) is 1.45. The van der Waals surface area contributed by atoms with Gasteiger partial charge in [0.25, 0.3) is 5.56 Å². The third-order valence-corrected chi connectivity index (χ3v) is 5.35. The molecule has 9 nitrogen and oxygen atoms in total. The van der Waals surface area contributed by atoms with Crippen LogP contribution in [0.4, 0.5) is 0 Å². The van der Waals surface area contributed by atoms with Gasteiger partial charge in [-0.1, -0.05) is 12.1 Å². The molecule has 9 heteroatoms. The third kappa shape index (κ3) is 5.73. The monoisotopic (exact) mass is 468 g/mol. The molecule has 182 valence electrons. The maximum absolute atomic E-state index is 13.3. The van der Waals surface area contributed by atoms with Crippen LogP contribution < -0.4 is 21.7 Å². The lowest BCUT2D eigenvalue weighted by Gasteiger charge is -2.15. The summed E-state index contributed by atoms with van der Waals surface area (Å²) >= 11 is 0. The number of benzene rings is 2. The van der Waals surface area contributed by atoms with Gasteiger partial charge in [0.05, 0.1) is 22.7 Å². The van der Waals surface area contributed by atoms with E-state index in [1.54, 1.807) is 63.4 Å². The van der Waals surface area contributed by atoms with Crippen LogP contribution in [0, 0.1) is 0 Å². The summed E-state index contributed by atoms with van der Waals surface area (Å²) in [6.07, 6.45) is 0.0419. The van der Waals surface area contributed by atoms with Crippen molar-refractivity contribution in [2.45, 2.75) is 32.4 Å². The smallest absolute Gasteiger partial charge is 0.335 e. The summed E-state index contributed by atoms with van der Waals surface area (Å²) < 4.78 is 13.5. The van der Waals surface area contributed by atoms with Crippen LogP contribution in [0.5, 0.6) is 5.75 Å². The highest BCUT2D eigenvalue weighted by Crippen LogP contribution is 2.18. The molecule has 0 bridgehead atoms. The van der Waals surface area contributed by atoms with Crippen molar-refractivity contribution in [1.82, 2.24) is 14.0 Å². The van der Waals surface area contributed by atoms with Crippen molar-refractivity contribution >= 4 is 16.9 Å². The molecule has 0 aliphatic carbocycles. The molecular formula is C25H32N4O5. The van der Waals surface area contributed by atoms with Crippen molar-refractivity contribution in [2.24, 2.45) is 12.8 Å². The van der Waals surface area contributed by atoms with Gasteiger partial charge in [0.15, 0.2) is 0 Å². The molecule has 1 aromatic heterocycles. The Morgan fingerprint density at radius 3 is 2.38 bits per heavy atom. The van der Waals surface area contributed by atoms with Crippen molar-refractivity contribution in [1.29, 1.82) is 0 Å². The molecular weight excluding hydrogens is 436 g/mol. The Kier molecular flexibility index (Phi) is 7.90. The first-order valence-electron chi connectivity index (χ1n) is 11.2. The number of aryl methyl sites for hydroxylation is 1. The fourth-order valence-corrected chi connectivity index (χ4v) is 3.54. The van der Waals surface area contributed by atoms with Crippen molar-refractivity contribution in [3.05, 3.63) is 68.9 Å². The predicted molar refractivity (Wildman–Crippen MR) is 132 cm³/mol. The van der Waals surface area contributed by atoms with E-state index in [-0.39, 0.29) is 12.5 Å². The van der Waals surface area contributed by atoms with Crippen LogP contribution in [0.15, 0.2) is 52.1 Å². The van der Waals surface area contributed by atoms with Crippen LogP contribution in [-0.2, 0) is 23.0 Å². The Morgan fingerprint density at radius 1 is 1.09 bits per heavy atom. The second kappa shape index (κ2) is 10.7. The van der Waals surface area contributed by atoms with Gasteiger partial charge in [-0.05, 0) is 70.3 Å². The number of likely N-dealkylation sites (N-methyl/N-ethyl adjacent to an activating group) is 1. The molecule has 0 aliphatic heterocycles. The number of aromatic nitrogens is 2. The Labute approximate surface area is 198 Å². The number of hydrogen-bond acceptors (Lipinski definition) is 7. The lowest BCUT2D eigenvalue weighted by Crippen LogP contribution is -2.38. The number of esters is 1. The lowest BCUT2D eigenvalue weighted by molar-refractivity contribution is -0.148. The maximum Gasteiger partial charge on any atom is 0.335 e. The van der Waals surface area contributed by atoms with Crippen molar-refractivity contribution in [2.75, 3.05) is 27.2 Å². The highest BCUT2D eigenvalue weighted by Gasteiger charge is 2.18. The molecule has 34 heavy (non-hydrogen) atoms. The van der Waals surface area contributed by atoms with E-state index >= 15 is 0 Å². The van der Waals surface area contributed by atoms with Gasteiger partial charge in [-0.25, -0.2) is 9.36 Å². The van der Waals surface area contributed by atoms with Gasteiger partial charge >= 0.3 is 11.7 Å². The highest BCUT2D eigenvalue weighted by atomic mass is 16.5. The summed E-state index contributed by atoms with van der Waals surface area (Å²) in [5, 5.41) is 0.381. The zero-order valence-corrected chi connectivity index (χ0v) is 20.3. The molecule has 0 aliphatic rings. The van der Waals surface area contributed by atoms with E-state index in [1.165, 1.54) is 4.57 Å². The molecule has 1 atom stereocenters. The van der Waals surface area contributed by atoms with E-state index in [9.17, 15) is 14.4 Å². The normalized spacial score (nSPS) is 12.4. The van der Waals surface area contributed by atoms with Gasteiger partial charge in [-0.2, -0.15) is 0 Å². The molecule has 0 saturated heterocycles. The second-order valence-electron chi connectivity index (χ2n) is 8.78. The first-order chi connectivity index (χ1) is 16.1. The van der Waals surface area contributed by atoms with Gasteiger partial charge < -0.3 is 20.1 Å². The minimum absolute atomic E-state index is 0.240. The summed E-state index contributed by atoms with van der Waals surface area (Å²) in [4.78, 5) is 40.3. The fraction of sp³-hybridized carbons (Fsp3) is 0.400. The van der Waals surface area contributed by atoms with E-state index in [0.29, 0.717) is 28.9 Å². The number of nitrogens with two attached hydrogens (primary N) is 1. The van der Waals surface area contributed by atoms with Gasteiger partial charge in [0.1, 0.15) is 18.4 Å². The van der Waals surface area contributed by atoms with Crippen LogP contribution in [0.2, 0.25) is 0 Å². The molecule has 0 amide bonds. The number of carbonyl (C=O) groups is 1. The minimum Gasteiger partial charge on any atom is -0.492 e. The Morgan fingerprint density at radius 2 is 1.76 bits per heavy atom. The number of rotatable bonds is 9. The molecule has 1 unspecified atom stereocenters. The number of ether oxygens (including phenoxy) is 2. The summed E-state index contributed by atoms with van der Waals surface area (Å²) in [6, 6.07) is 11.2. The first kappa shape index (κ1) is 25.2.